The van der Waals surface area contributed by atoms with Crippen molar-refractivity contribution in [2.45, 2.75) is 12.8 Å². The molecule has 0 saturated heterocycles. The first kappa shape index (κ1) is 16.8. The van der Waals surface area contributed by atoms with Gasteiger partial charge in [0.1, 0.15) is 5.75 Å². The average Bonchev–Trinajstić information content (AvgIpc) is 2.40. The van der Waals surface area contributed by atoms with Crippen LogP contribution in [0.2, 0.25) is 10.0 Å². The van der Waals surface area contributed by atoms with Gasteiger partial charge in [-0.15, -0.1) is 0 Å². The monoisotopic (exact) mass is 356 g/mol. The van der Waals surface area contributed by atoms with Gasteiger partial charge in [-0.1, -0.05) is 29.3 Å². The van der Waals surface area contributed by atoms with Gasteiger partial charge < -0.3 is 4.74 Å². The van der Waals surface area contributed by atoms with Crippen LogP contribution in [-0.2, 0) is 6.18 Å². The van der Waals surface area contributed by atoms with E-state index < -0.39 is 24.1 Å². The van der Waals surface area contributed by atoms with Crippen LogP contribution in [0.25, 0.3) is 11.1 Å². The predicted octanol–water partition coefficient (Wildman–Crippen LogP) is 6.28. The van der Waals surface area contributed by atoms with Crippen molar-refractivity contribution in [3.8, 4) is 16.9 Å². The third-order valence-corrected chi connectivity index (χ3v) is 3.31. The molecule has 1 nitrogen and oxygen atoms in total. The summed E-state index contributed by atoms with van der Waals surface area (Å²) in [6.45, 7) is -3.36. The largest absolute Gasteiger partial charge is 0.434 e. The van der Waals surface area contributed by atoms with E-state index in [9.17, 15) is 22.0 Å². The molecule has 0 fully saturated rings. The normalized spacial score (nSPS) is 11.8. The first-order valence-electron chi connectivity index (χ1n) is 5.80. The Morgan fingerprint density at radius 1 is 0.955 bits per heavy atom. The van der Waals surface area contributed by atoms with Crippen molar-refractivity contribution in [2.75, 3.05) is 0 Å². The van der Waals surface area contributed by atoms with Crippen molar-refractivity contribution in [1.82, 2.24) is 0 Å². The first-order chi connectivity index (χ1) is 10.2. The van der Waals surface area contributed by atoms with E-state index >= 15 is 0 Å². The van der Waals surface area contributed by atoms with Gasteiger partial charge in [0.25, 0.3) is 0 Å². The van der Waals surface area contributed by atoms with Crippen molar-refractivity contribution in [1.29, 1.82) is 0 Å². The maximum absolute atomic E-state index is 13.0. The molecule has 22 heavy (non-hydrogen) atoms. The fourth-order valence-electron chi connectivity index (χ4n) is 1.84. The molecule has 8 heteroatoms. The van der Waals surface area contributed by atoms with E-state index in [4.69, 9.17) is 23.2 Å². The topological polar surface area (TPSA) is 9.23 Å². The Bertz CT molecular complexity index is 685. The Kier molecular flexibility index (Phi) is 4.82. The highest BCUT2D eigenvalue weighted by Gasteiger charge is 2.35. The molecule has 0 N–H and O–H groups in total. The summed E-state index contributed by atoms with van der Waals surface area (Å²) in [5.74, 6) is -0.954. The van der Waals surface area contributed by atoms with Gasteiger partial charge in [-0.05, 0) is 35.9 Å². The Morgan fingerprint density at radius 3 is 2.23 bits per heavy atom. The van der Waals surface area contributed by atoms with Crippen molar-refractivity contribution in [3.63, 3.8) is 0 Å². The SMILES string of the molecule is FC(F)Oc1ccc(-c2cc(Cl)ccc2Cl)cc1C(F)(F)F. The molecule has 0 aliphatic rings. The summed E-state index contributed by atoms with van der Waals surface area (Å²) in [6, 6.07) is 7.00. The van der Waals surface area contributed by atoms with E-state index in [1.807, 2.05) is 0 Å². The van der Waals surface area contributed by atoms with Crippen LogP contribution in [0.5, 0.6) is 5.75 Å². The standard InChI is InChI=1S/C14H7Cl2F5O/c15-8-2-3-11(16)9(6-8)7-1-4-12(22-13(17)18)10(5-7)14(19,20)21/h1-6,13H. The molecule has 0 aromatic heterocycles. The molecule has 0 unspecified atom stereocenters. The lowest BCUT2D eigenvalue weighted by atomic mass is 10.0. The van der Waals surface area contributed by atoms with E-state index in [1.165, 1.54) is 24.3 Å². The van der Waals surface area contributed by atoms with Gasteiger partial charge in [0.05, 0.1) is 5.56 Å². The zero-order chi connectivity index (χ0) is 16.5. The van der Waals surface area contributed by atoms with Crippen molar-refractivity contribution in [3.05, 3.63) is 52.0 Å². The molecule has 0 radical (unpaired) electrons. The molecule has 2 rings (SSSR count). The highest BCUT2D eigenvalue weighted by atomic mass is 35.5. The Morgan fingerprint density at radius 2 is 1.64 bits per heavy atom. The number of benzene rings is 2. The van der Waals surface area contributed by atoms with Crippen LogP contribution in [-0.4, -0.2) is 6.61 Å². The van der Waals surface area contributed by atoms with E-state index in [1.54, 1.807) is 0 Å². The number of alkyl halides is 5. The number of hydrogen-bond acceptors (Lipinski definition) is 1. The predicted molar refractivity (Wildman–Crippen MR) is 73.5 cm³/mol. The summed E-state index contributed by atoms with van der Waals surface area (Å²) < 4.78 is 67.3. The lowest BCUT2D eigenvalue weighted by Gasteiger charge is -2.15. The van der Waals surface area contributed by atoms with Crippen LogP contribution in [0.15, 0.2) is 36.4 Å². The van der Waals surface area contributed by atoms with E-state index in [0.29, 0.717) is 6.07 Å². The number of rotatable bonds is 3. The molecule has 2 aromatic rings. The minimum Gasteiger partial charge on any atom is -0.434 e. The summed E-state index contributed by atoms with van der Waals surface area (Å²) >= 11 is 11.7. The van der Waals surface area contributed by atoms with Gasteiger partial charge in [-0.2, -0.15) is 22.0 Å². The third-order valence-electron chi connectivity index (χ3n) is 2.74. The molecule has 118 valence electrons. The van der Waals surface area contributed by atoms with Gasteiger partial charge in [0, 0.05) is 15.6 Å². The van der Waals surface area contributed by atoms with E-state index in [0.717, 1.165) is 6.07 Å². The average molecular weight is 357 g/mol. The van der Waals surface area contributed by atoms with Gasteiger partial charge in [0.2, 0.25) is 0 Å². The van der Waals surface area contributed by atoms with Gasteiger partial charge >= 0.3 is 12.8 Å². The first-order valence-corrected chi connectivity index (χ1v) is 6.55. The molecule has 0 saturated carbocycles. The highest BCUT2D eigenvalue weighted by Crippen LogP contribution is 2.40. The second-order valence-electron chi connectivity index (χ2n) is 4.21. The van der Waals surface area contributed by atoms with Gasteiger partial charge in [-0.3, -0.25) is 0 Å². The van der Waals surface area contributed by atoms with Gasteiger partial charge in [-0.25, -0.2) is 0 Å². The maximum Gasteiger partial charge on any atom is 0.419 e. The summed E-state index contributed by atoms with van der Waals surface area (Å²) in [7, 11) is 0. The molecule has 0 heterocycles. The Balaban J connectivity index is 2.58. The molecule has 0 atom stereocenters. The lowest BCUT2D eigenvalue weighted by Crippen LogP contribution is -2.11. The summed E-state index contributed by atoms with van der Waals surface area (Å²) in [5.41, 5.74) is -0.981. The molecule has 2 aromatic carbocycles. The summed E-state index contributed by atoms with van der Waals surface area (Å²) in [5, 5.41) is 0.459. The second kappa shape index (κ2) is 6.30. The van der Waals surface area contributed by atoms with Crippen LogP contribution < -0.4 is 4.74 Å². The minimum atomic E-state index is -4.86. The minimum absolute atomic E-state index is 0.0847. The molecular formula is C14H7Cl2F5O. The number of halogens is 7. The fraction of sp³-hybridized carbons (Fsp3) is 0.143. The van der Waals surface area contributed by atoms with Crippen LogP contribution in [0, 0.1) is 0 Å². The Hall–Kier alpha value is -1.53. The zero-order valence-electron chi connectivity index (χ0n) is 10.6. The van der Waals surface area contributed by atoms with Crippen LogP contribution in [0.4, 0.5) is 22.0 Å². The van der Waals surface area contributed by atoms with Gasteiger partial charge in [0.15, 0.2) is 0 Å². The van der Waals surface area contributed by atoms with Crippen molar-refractivity contribution in [2.24, 2.45) is 0 Å². The highest BCUT2D eigenvalue weighted by molar-refractivity contribution is 6.35. The van der Waals surface area contributed by atoms with Crippen LogP contribution >= 0.6 is 23.2 Å². The van der Waals surface area contributed by atoms with Crippen molar-refractivity contribution >= 4 is 23.2 Å². The van der Waals surface area contributed by atoms with Crippen molar-refractivity contribution < 1.29 is 26.7 Å². The molecule has 0 bridgehead atoms. The molecular weight excluding hydrogens is 350 g/mol. The smallest absolute Gasteiger partial charge is 0.419 e. The molecule has 0 amide bonds. The molecule has 0 aliphatic heterocycles. The van der Waals surface area contributed by atoms with E-state index in [2.05, 4.69) is 4.74 Å². The lowest BCUT2D eigenvalue weighted by molar-refractivity contribution is -0.141. The van der Waals surface area contributed by atoms with Crippen LogP contribution in [0.3, 0.4) is 0 Å². The summed E-state index contributed by atoms with van der Waals surface area (Å²) in [6.07, 6.45) is -4.86. The quantitative estimate of drug-likeness (QED) is 0.588. The summed E-state index contributed by atoms with van der Waals surface area (Å²) in [4.78, 5) is 0. The number of ether oxygens (including phenoxy) is 1. The van der Waals surface area contributed by atoms with Crippen LogP contribution in [0.1, 0.15) is 5.56 Å². The second-order valence-corrected chi connectivity index (χ2v) is 5.06. The maximum atomic E-state index is 13.0. The zero-order valence-corrected chi connectivity index (χ0v) is 12.1. The van der Waals surface area contributed by atoms with E-state index in [-0.39, 0.29) is 21.2 Å². The number of hydrogen-bond donors (Lipinski definition) is 0. The fourth-order valence-corrected chi connectivity index (χ4v) is 2.24. The Labute approximate surface area is 132 Å². The molecule has 0 spiro atoms. The molecule has 0 aliphatic carbocycles. The third kappa shape index (κ3) is 3.81.